The Bertz CT molecular complexity index is 622. The average Bonchev–Trinajstić information content (AvgIpc) is 3.10. The highest BCUT2D eigenvalue weighted by Gasteiger charge is 2.28. The van der Waals surface area contributed by atoms with Gasteiger partial charge >= 0.3 is 0 Å². The summed E-state index contributed by atoms with van der Waals surface area (Å²) >= 11 is 0. The Morgan fingerprint density at radius 1 is 1.24 bits per heavy atom. The zero-order chi connectivity index (χ0) is 18.1. The molecule has 25 heavy (non-hydrogen) atoms. The van der Waals surface area contributed by atoms with Gasteiger partial charge in [-0.25, -0.2) is 4.98 Å². The van der Waals surface area contributed by atoms with Crippen molar-refractivity contribution in [3.63, 3.8) is 0 Å². The SMILES string of the molecule is CCCC(O)(CCC)CC(=O)NCC(c1ccccc1)c1ncn[nH]1. The Labute approximate surface area is 149 Å². The van der Waals surface area contributed by atoms with Crippen molar-refractivity contribution in [3.05, 3.63) is 48.0 Å². The first-order valence-electron chi connectivity index (χ1n) is 8.97. The standard InChI is InChI=1S/C19H28N4O2/c1-3-10-19(25,11-4-2)12-17(24)20-13-16(18-21-14-22-23-18)15-8-6-5-7-9-15/h5-9,14,16,25H,3-4,10-13H2,1-2H3,(H,20,24)(H,21,22,23). The summed E-state index contributed by atoms with van der Waals surface area (Å²) in [5, 5.41) is 20.4. The van der Waals surface area contributed by atoms with Crippen LogP contribution in [0.15, 0.2) is 36.7 Å². The Balaban J connectivity index is 2.02. The molecule has 0 aliphatic carbocycles. The summed E-state index contributed by atoms with van der Waals surface area (Å²) < 4.78 is 0. The van der Waals surface area contributed by atoms with Crippen LogP contribution in [0.3, 0.4) is 0 Å². The third kappa shape index (κ3) is 5.67. The number of carbonyl (C=O) groups is 1. The maximum atomic E-state index is 12.4. The monoisotopic (exact) mass is 344 g/mol. The largest absolute Gasteiger partial charge is 0.389 e. The van der Waals surface area contributed by atoms with Crippen LogP contribution in [0, 0.1) is 0 Å². The minimum absolute atomic E-state index is 0.0990. The van der Waals surface area contributed by atoms with Crippen molar-refractivity contribution in [1.82, 2.24) is 20.5 Å². The number of nitrogens with one attached hydrogen (secondary N) is 2. The predicted molar refractivity (Wildman–Crippen MR) is 97.1 cm³/mol. The van der Waals surface area contributed by atoms with Gasteiger partial charge in [-0.1, -0.05) is 57.0 Å². The van der Waals surface area contributed by atoms with Gasteiger partial charge in [0.2, 0.25) is 5.91 Å². The van der Waals surface area contributed by atoms with E-state index < -0.39 is 5.60 Å². The van der Waals surface area contributed by atoms with Gasteiger partial charge < -0.3 is 10.4 Å². The van der Waals surface area contributed by atoms with Gasteiger partial charge in [-0.05, 0) is 18.4 Å². The van der Waals surface area contributed by atoms with Crippen LogP contribution in [-0.4, -0.2) is 38.3 Å². The van der Waals surface area contributed by atoms with E-state index in [1.54, 1.807) is 0 Å². The number of aromatic nitrogens is 3. The Morgan fingerprint density at radius 2 is 1.92 bits per heavy atom. The van der Waals surface area contributed by atoms with Gasteiger partial charge in [-0.3, -0.25) is 9.89 Å². The number of aromatic amines is 1. The lowest BCUT2D eigenvalue weighted by molar-refractivity contribution is -0.126. The van der Waals surface area contributed by atoms with E-state index in [0.29, 0.717) is 25.2 Å². The maximum absolute atomic E-state index is 12.4. The van der Waals surface area contributed by atoms with Gasteiger partial charge in [0.05, 0.1) is 17.9 Å². The minimum Gasteiger partial charge on any atom is -0.389 e. The van der Waals surface area contributed by atoms with Crippen LogP contribution in [0.4, 0.5) is 0 Å². The summed E-state index contributed by atoms with van der Waals surface area (Å²) in [5.74, 6) is 0.479. The molecule has 1 amide bonds. The zero-order valence-electron chi connectivity index (χ0n) is 15.0. The molecule has 1 unspecified atom stereocenters. The number of H-pyrrole nitrogens is 1. The van der Waals surface area contributed by atoms with Crippen LogP contribution in [0.5, 0.6) is 0 Å². The van der Waals surface area contributed by atoms with Crippen LogP contribution in [0.25, 0.3) is 0 Å². The van der Waals surface area contributed by atoms with Crippen LogP contribution in [0.1, 0.15) is 63.3 Å². The van der Waals surface area contributed by atoms with Crippen LogP contribution in [0.2, 0.25) is 0 Å². The minimum atomic E-state index is -0.915. The molecule has 0 aliphatic rings. The molecule has 3 N–H and O–H groups in total. The molecular formula is C19H28N4O2. The maximum Gasteiger partial charge on any atom is 0.222 e. The molecule has 2 aromatic rings. The second-order valence-corrected chi connectivity index (χ2v) is 6.54. The summed E-state index contributed by atoms with van der Waals surface area (Å²) in [6.45, 7) is 4.45. The Kier molecular flexibility index (Phi) is 7.13. The molecule has 1 heterocycles. The molecule has 0 spiro atoms. The van der Waals surface area contributed by atoms with E-state index in [-0.39, 0.29) is 18.2 Å². The smallest absolute Gasteiger partial charge is 0.222 e. The lowest BCUT2D eigenvalue weighted by Gasteiger charge is -2.27. The molecule has 0 aliphatic heterocycles. The van der Waals surface area contributed by atoms with E-state index in [4.69, 9.17) is 0 Å². The van der Waals surface area contributed by atoms with Crippen LogP contribution in [-0.2, 0) is 4.79 Å². The highest BCUT2D eigenvalue weighted by molar-refractivity contribution is 5.77. The number of aliphatic hydroxyl groups is 1. The molecule has 6 nitrogen and oxygen atoms in total. The number of nitrogens with zero attached hydrogens (tertiary/aromatic N) is 2. The summed E-state index contributed by atoms with van der Waals surface area (Å²) in [6, 6.07) is 9.88. The number of hydrogen-bond acceptors (Lipinski definition) is 4. The quantitative estimate of drug-likeness (QED) is 0.618. The molecule has 0 bridgehead atoms. The van der Waals surface area contributed by atoms with Crippen molar-refractivity contribution in [3.8, 4) is 0 Å². The van der Waals surface area contributed by atoms with Gasteiger partial charge in [0.25, 0.3) is 0 Å². The van der Waals surface area contributed by atoms with Crippen molar-refractivity contribution in [2.45, 2.75) is 57.5 Å². The van der Waals surface area contributed by atoms with Crippen molar-refractivity contribution >= 4 is 5.91 Å². The van der Waals surface area contributed by atoms with Gasteiger partial charge in [-0.2, -0.15) is 5.10 Å². The molecule has 1 aromatic heterocycles. The molecule has 0 saturated carbocycles. The first-order valence-corrected chi connectivity index (χ1v) is 8.97. The second-order valence-electron chi connectivity index (χ2n) is 6.54. The normalized spacial score (nSPS) is 12.8. The van der Waals surface area contributed by atoms with Crippen molar-refractivity contribution in [1.29, 1.82) is 0 Å². The van der Waals surface area contributed by atoms with E-state index in [2.05, 4.69) is 20.5 Å². The van der Waals surface area contributed by atoms with Crippen LogP contribution >= 0.6 is 0 Å². The molecule has 1 atom stereocenters. The Morgan fingerprint density at radius 3 is 2.48 bits per heavy atom. The van der Waals surface area contributed by atoms with Gasteiger partial charge in [0.15, 0.2) is 0 Å². The molecule has 0 radical (unpaired) electrons. The number of hydrogen-bond donors (Lipinski definition) is 3. The zero-order valence-corrected chi connectivity index (χ0v) is 15.0. The number of benzene rings is 1. The molecule has 6 heteroatoms. The number of carbonyl (C=O) groups excluding carboxylic acids is 1. The first-order chi connectivity index (χ1) is 12.1. The van der Waals surface area contributed by atoms with Crippen molar-refractivity contribution in [2.75, 3.05) is 6.54 Å². The van der Waals surface area contributed by atoms with E-state index >= 15 is 0 Å². The third-order valence-corrected chi connectivity index (χ3v) is 4.39. The summed E-state index contributed by atoms with van der Waals surface area (Å²) in [4.78, 5) is 16.6. The first kappa shape index (κ1) is 19.1. The molecular weight excluding hydrogens is 316 g/mol. The summed E-state index contributed by atoms with van der Waals surface area (Å²) in [7, 11) is 0. The molecule has 0 fully saturated rings. The highest BCUT2D eigenvalue weighted by atomic mass is 16.3. The molecule has 0 saturated heterocycles. The van der Waals surface area contributed by atoms with Gasteiger partial charge in [0, 0.05) is 6.54 Å². The average molecular weight is 344 g/mol. The molecule has 136 valence electrons. The van der Waals surface area contributed by atoms with E-state index in [1.807, 2.05) is 44.2 Å². The number of rotatable bonds is 10. The number of amides is 1. The van der Waals surface area contributed by atoms with Crippen LogP contribution < -0.4 is 5.32 Å². The third-order valence-electron chi connectivity index (χ3n) is 4.39. The molecule has 2 rings (SSSR count). The molecule has 1 aromatic carbocycles. The fourth-order valence-electron chi connectivity index (χ4n) is 3.25. The lowest BCUT2D eigenvalue weighted by atomic mass is 9.89. The predicted octanol–water partition coefficient (Wildman–Crippen LogP) is 2.77. The van der Waals surface area contributed by atoms with Gasteiger partial charge in [-0.15, -0.1) is 0 Å². The van der Waals surface area contributed by atoms with Crippen molar-refractivity contribution in [2.24, 2.45) is 0 Å². The van der Waals surface area contributed by atoms with E-state index in [0.717, 1.165) is 18.4 Å². The second kappa shape index (κ2) is 9.32. The van der Waals surface area contributed by atoms with E-state index in [9.17, 15) is 9.90 Å². The summed E-state index contributed by atoms with van der Waals surface area (Å²) in [6.07, 6.45) is 4.58. The lowest BCUT2D eigenvalue weighted by Crippen LogP contribution is -2.38. The summed E-state index contributed by atoms with van der Waals surface area (Å²) in [5.41, 5.74) is 0.138. The van der Waals surface area contributed by atoms with Crippen molar-refractivity contribution < 1.29 is 9.90 Å². The highest BCUT2D eigenvalue weighted by Crippen LogP contribution is 2.24. The Hall–Kier alpha value is -2.21. The van der Waals surface area contributed by atoms with E-state index in [1.165, 1.54) is 6.33 Å². The fourth-order valence-corrected chi connectivity index (χ4v) is 3.25. The topological polar surface area (TPSA) is 90.9 Å². The van der Waals surface area contributed by atoms with Gasteiger partial charge in [0.1, 0.15) is 12.2 Å². The fraction of sp³-hybridized carbons (Fsp3) is 0.526.